The monoisotopic (exact) mass is 398 g/mol. The van der Waals surface area contributed by atoms with E-state index < -0.39 is 0 Å². The van der Waals surface area contributed by atoms with E-state index >= 15 is 0 Å². The molecule has 0 saturated heterocycles. The third-order valence-corrected chi connectivity index (χ3v) is 6.29. The summed E-state index contributed by atoms with van der Waals surface area (Å²) in [6.45, 7) is 0.810. The van der Waals surface area contributed by atoms with Crippen LogP contribution in [0, 0.1) is 0 Å². The number of rotatable bonds is 9. The number of carbonyl (C=O) groups excluding carboxylic acids is 1. The minimum absolute atomic E-state index is 0.0833. The third kappa shape index (κ3) is 5.20. The molecule has 2 aromatic heterocycles. The maximum absolute atomic E-state index is 12.0. The number of aryl methyl sites for hydroxylation is 1. The van der Waals surface area contributed by atoms with Gasteiger partial charge >= 0.3 is 0 Å². The molecule has 7 heteroatoms. The van der Waals surface area contributed by atoms with E-state index in [0.29, 0.717) is 11.8 Å². The van der Waals surface area contributed by atoms with Crippen LogP contribution in [0.15, 0.2) is 53.0 Å². The smallest absolute Gasteiger partial charge is 0.230 e. The first-order valence-corrected chi connectivity index (χ1v) is 11.0. The number of nitrogens with one attached hydrogen (secondary N) is 1. The van der Waals surface area contributed by atoms with Crippen LogP contribution >= 0.6 is 23.1 Å². The molecule has 1 aliphatic rings. The molecule has 2 heterocycles. The fourth-order valence-electron chi connectivity index (χ4n) is 2.86. The minimum atomic E-state index is 0.0833. The second-order valence-corrected chi connectivity index (χ2v) is 8.65. The highest BCUT2D eigenvalue weighted by Gasteiger charge is 2.23. The van der Waals surface area contributed by atoms with Gasteiger partial charge in [-0.1, -0.05) is 48.2 Å². The van der Waals surface area contributed by atoms with Gasteiger partial charge in [0, 0.05) is 23.9 Å². The van der Waals surface area contributed by atoms with Gasteiger partial charge in [-0.25, -0.2) is 0 Å². The Labute approximate surface area is 167 Å². The summed E-state index contributed by atoms with van der Waals surface area (Å²) in [4.78, 5) is 13.3. The molecule has 3 aromatic rings. The summed E-state index contributed by atoms with van der Waals surface area (Å²) in [7, 11) is 0. The van der Waals surface area contributed by atoms with Crippen molar-refractivity contribution in [1.82, 2.24) is 20.1 Å². The Bertz CT molecular complexity index is 873. The van der Waals surface area contributed by atoms with Gasteiger partial charge in [-0.2, -0.15) is 0 Å². The van der Waals surface area contributed by atoms with Crippen molar-refractivity contribution in [3.63, 3.8) is 0 Å². The topological polar surface area (TPSA) is 59.8 Å². The van der Waals surface area contributed by atoms with Crippen molar-refractivity contribution in [2.75, 3.05) is 5.75 Å². The molecule has 140 valence electrons. The van der Waals surface area contributed by atoms with Crippen molar-refractivity contribution in [3.8, 4) is 0 Å². The Balaban J connectivity index is 1.46. The molecule has 0 aliphatic heterocycles. The molecule has 0 spiro atoms. The summed E-state index contributed by atoms with van der Waals surface area (Å²) in [5.74, 6) is 1.43. The van der Waals surface area contributed by atoms with Crippen LogP contribution in [0.1, 0.15) is 29.1 Å². The first-order valence-electron chi connectivity index (χ1n) is 9.18. The first kappa shape index (κ1) is 18.3. The van der Waals surface area contributed by atoms with Crippen molar-refractivity contribution in [1.29, 1.82) is 0 Å². The average molecular weight is 399 g/mol. The standard InChI is InChI=1S/C20H22N4OS2/c25-19(21-16-8-9-16)14-27-20-23-22-18(13-17-7-4-12-26-17)24(20)11-10-15-5-2-1-3-6-15/h1-7,12,16H,8-11,13-14H2,(H,21,25). The largest absolute Gasteiger partial charge is 0.353 e. The quantitative estimate of drug-likeness (QED) is 0.560. The number of benzene rings is 1. The van der Waals surface area contributed by atoms with E-state index in [1.54, 1.807) is 11.3 Å². The Morgan fingerprint density at radius 1 is 1.19 bits per heavy atom. The highest BCUT2D eigenvalue weighted by Crippen LogP contribution is 2.22. The zero-order valence-corrected chi connectivity index (χ0v) is 16.6. The van der Waals surface area contributed by atoms with E-state index in [4.69, 9.17) is 0 Å². The first-order chi connectivity index (χ1) is 13.3. The number of hydrogen-bond donors (Lipinski definition) is 1. The van der Waals surface area contributed by atoms with Gasteiger partial charge in [0.15, 0.2) is 5.16 Å². The molecule has 4 rings (SSSR count). The van der Waals surface area contributed by atoms with Gasteiger partial charge in [0.1, 0.15) is 5.82 Å². The van der Waals surface area contributed by atoms with Gasteiger partial charge in [0.25, 0.3) is 0 Å². The molecule has 0 bridgehead atoms. The second-order valence-electron chi connectivity index (χ2n) is 6.67. The molecule has 27 heavy (non-hydrogen) atoms. The summed E-state index contributed by atoms with van der Waals surface area (Å²) >= 11 is 3.20. The Morgan fingerprint density at radius 2 is 2.04 bits per heavy atom. The van der Waals surface area contributed by atoms with Gasteiger partial charge in [0.05, 0.1) is 5.75 Å². The van der Waals surface area contributed by atoms with Crippen molar-refractivity contribution >= 4 is 29.0 Å². The zero-order valence-electron chi connectivity index (χ0n) is 15.0. The average Bonchev–Trinajstić information content (AvgIpc) is 3.19. The molecule has 0 radical (unpaired) electrons. The lowest BCUT2D eigenvalue weighted by Crippen LogP contribution is -2.27. The van der Waals surface area contributed by atoms with Gasteiger partial charge < -0.3 is 9.88 Å². The van der Waals surface area contributed by atoms with Crippen LogP contribution in [-0.4, -0.2) is 32.5 Å². The van der Waals surface area contributed by atoms with Crippen LogP contribution in [0.25, 0.3) is 0 Å². The minimum Gasteiger partial charge on any atom is -0.353 e. The number of thiophene rings is 1. The van der Waals surface area contributed by atoms with Crippen molar-refractivity contribution < 1.29 is 4.79 Å². The van der Waals surface area contributed by atoms with E-state index in [9.17, 15) is 4.79 Å². The van der Waals surface area contributed by atoms with Crippen LogP contribution < -0.4 is 5.32 Å². The molecule has 1 saturated carbocycles. The van der Waals surface area contributed by atoms with E-state index in [0.717, 1.165) is 43.2 Å². The summed E-state index contributed by atoms with van der Waals surface area (Å²) in [5, 5.41) is 14.7. The summed E-state index contributed by atoms with van der Waals surface area (Å²) < 4.78 is 2.17. The Morgan fingerprint density at radius 3 is 2.78 bits per heavy atom. The summed E-state index contributed by atoms with van der Waals surface area (Å²) in [6.07, 6.45) is 3.90. The van der Waals surface area contributed by atoms with Gasteiger partial charge in [-0.05, 0) is 36.3 Å². The number of hydrogen-bond acceptors (Lipinski definition) is 5. The van der Waals surface area contributed by atoms with Crippen LogP contribution in [-0.2, 0) is 24.2 Å². The predicted molar refractivity (Wildman–Crippen MR) is 109 cm³/mol. The lowest BCUT2D eigenvalue weighted by molar-refractivity contribution is -0.118. The number of aromatic nitrogens is 3. The van der Waals surface area contributed by atoms with E-state index in [-0.39, 0.29) is 5.91 Å². The predicted octanol–water partition coefficient (Wildman–Crippen LogP) is 3.54. The number of thioether (sulfide) groups is 1. The molecule has 5 nitrogen and oxygen atoms in total. The summed E-state index contributed by atoms with van der Waals surface area (Å²) in [5.41, 5.74) is 1.29. The van der Waals surface area contributed by atoms with Crippen LogP contribution in [0.2, 0.25) is 0 Å². The zero-order chi connectivity index (χ0) is 18.5. The SMILES string of the molecule is O=C(CSc1nnc(Cc2cccs2)n1CCc1ccccc1)NC1CC1. The second kappa shape index (κ2) is 8.71. The number of amides is 1. The highest BCUT2D eigenvalue weighted by atomic mass is 32.2. The lowest BCUT2D eigenvalue weighted by Gasteiger charge is -2.10. The molecule has 1 aliphatic carbocycles. The lowest BCUT2D eigenvalue weighted by atomic mass is 10.1. The van der Waals surface area contributed by atoms with Gasteiger partial charge in [-0.15, -0.1) is 21.5 Å². The van der Waals surface area contributed by atoms with Gasteiger partial charge in [0.2, 0.25) is 5.91 Å². The van der Waals surface area contributed by atoms with Crippen molar-refractivity contribution in [2.24, 2.45) is 0 Å². The molecule has 0 atom stereocenters. The highest BCUT2D eigenvalue weighted by molar-refractivity contribution is 7.99. The van der Waals surface area contributed by atoms with Crippen LogP contribution in [0.3, 0.4) is 0 Å². The van der Waals surface area contributed by atoms with Crippen molar-refractivity contribution in [2.45, 2.75) is 43.4 Å². The molecule has 0 unspecified atom stereocenters. The normalized spacial score (nSPS) is 13.6. The van der Waals surface area contributed by atoms with E-state index in [1.807, 2.05) is 6.07 Å². The van der Waals surface area contributed by atoms with Gasteiger partial charge in [-0.3, -0.25) is 4.79 Å². The fourth-order valence-corrected chi connectivity index (χ4v) is 4.36. The third-order valence-electron chi connectivity index (χ3n) is 4.45. The molecular formula is C20H22N4OS2. The number of carbonyl (C=O) groups is 1. The summed E-state index contributed by atoms with van der Waals surface area (Å²) in [6, 6.07) is 15.0. The van der Waals surface area contributed by atoms with Crippen molar-refractivity contribution in [3.05, 3.63) is 64.1 Å². The molecule has 1 fully saturated rings. The molecular weight excluding hydrogens is 376 g/mol. The van der Waals surface area contributed by atoms with Crippen LogP contribution in [0.5, 0.6) is 0 Å². The van der Waals surface area contributed by atoms with E-state index in [2.05, 4.69) is 61.9 Å². The molecule has 1 N–H and O–H groups in total. The fraction of sp³-hybridized carbons (Fsp3) is 0.350. The van der Waals surface area contributed by atoms with Crippen LogP contribution in [0.4, 0.5) is 0 Å². The maximum Gasteiger partial charge on any atom is 0.230 e. The molecule has 1 amide bonds. The maximum atomic E-state index is 12.0. The number of nitrogens with zero attached hydrogens (tertiary/aromatic N) is 3. The van der Waals surface area contributed by atoms with E-state index in [1.165, 1.54) is 22.2 Å². The Hall–Kier alpha value is -2.12. The Kier molecular flexibility index (Phi) is 5.89. The molecule has 1 aromatic carbocycles.